The fourth-order valence-corrected chi connectivity index (χ4v) is 2.77. The van der Waals surface area contributed by atoms with Gasteiger partial charge in [0.1, 0.15) is 5.75 Å². The van der Waals surface area contributed by atoms with Crippen molar-refractivity contribution in [1.82, 2.24) is 10.2 Å². The van der Waals surface area contributed by atoms with Crippen LogP contribution in [0, 0.1) is 0 Å². The minimum absolute atomic E-state index is 0.0664. The van der Waals surface area contributed by atoms with E-state index in [2.05, 4.69) is 5.32 Å². The number of carbonyl (C=O) groups is 1. The minimum Gasteiger partial charge on any atom is -0.493 e. The lowest BCUT2D eigenvalue weighted by molar-refractivity contribution is 0.0734. The number of hydrogen-bond donors (Lipinski definition) is 1. The minimum atomic E-state index is 0.0664. The van der Waals surface area contributed by atoms with Crippen molar-refractivity contribution < 1.29 is 9.53 Å². The molecule has 0 atom stereocenters. The zero-order chi connectivity index (χ0) is 14.7. The molecule has 0 radical (unpaired) electrons. The van der Waals surface area contributed by atoms with Crippen molar-refractivity contribution in [2.24, 2.45) is 0 Å². The van der Waals surface area contributed by atoms with Crippen molar-refractivity contribution >= 4 is 16.7 Å². The quantitative estimate of drug-likeness (QED) is 0.940. The van der Waals surface area contributed by atoms with Crippen LogP contribution in [0.3, 0.4) is 0 Å². The molecule has 4 nitrogen and oxygen atoms in total. The third-order valence-corrected chi connectivity index (χ3v) is 3.81. The standard InChI is InChI=1S/C17H20N2O2/c1-2-21-15-8-7-13-5-3-4-6-14(13)16(15)17(20)19-11-9-18-10-12-19/h3-8,18H,2,9-12H2,1H3. The van der Waals surface area contributed by atoms with Gasteiger partial charge in [-0.25, -0.2) is 0 Å². The summed E-state index contributed by atoms with van der Waals surface area (Å²) in [6, 6.07) is 11.9. The lowest BCUT2D eigenvalue weighted by atomic mass is 10.0. The van der Waals surface area contributed by atoms with Crippen molar-refractivity contribution in [3.63, 3.8) is 0 Å². The molecule has 110 valence electrons. The summed E-state index contributed by atoms with van der Waals surface area (Å²) in [6.45, 7) is 5.68. The van der Waals surface area contributed by atoms with Gasteiger partial charge in [-0.3, -0.25) is 4.79 Å². The number of nitrogens with one attached hydrogen (secondary N) is 1. The molecule has 0 spiro atoms. The largest absolute Gasteiger partial charge is 0.493 e. The molecule has 2 aromatic carbocycles. The highest BCUT2D eigenvalue weighted by Gasteiger charge is 2.23. The van der Waals surface area contributed by atoms with Gasteiger partial charge in [-0.05, 0) is 23.8 Å². The number of carbonyl (C=O) groups excluding carboxylic acids is 1. The van der Waals surface area contributed by atoms with Gasteiger partial charge in [-0.1, -0.05) is 30.3 Å². The maximum absolute atomic E-state index is 12.9. The normalized spacial score (nSPS) is 15.2. The molecule has 1 N–H and O–H groups in total. The van der Waals surface area contributed by atoms with E-state index in [1.807, 2.05) is 48.2 Å². The Labute approximate surface area is 124 Å². The molecule has 0 unspecified atom stereocenters. The number of piperazine rings is 1. The third-order valence-electron chi connectivity index (χ3n) is 3.81. The first kappa shape index (κ1) is 13.9. The lowest BCUT2D eigenvalue weighted by Gasteiger charge is -2.28. The monoisotopic (exact) mass is 284 g/mol. The average Bonchev–Trinajstić information content (AvgIpc) is 2.55. The first-order chi connectivity index (χ1) is 10.3. The van der Waals surface area contributed by atoms with E-state index >= 15 is 0 Å². The number of rotatable bonds is 3. The molecule has 0 bridgehead atoms. The van der Waals surface area contributed by atoms with Gasteiger partial charge in [0.2, 0.25) is 0 Å². The highest BCUT2D eigenvalue weighted by molar-refractivity contribution is 6.09. The van der Waals surface area contributed by atoms with E-state index in [0.29, 0.717) is 17.9 Å². The Morgan fingerprint density at radius 1 is 1.19 bits per heavy atom. The van der Waals surface area contributed by atoms with Gasteiger partial charge in [0.25, 0.3) is 5.91 Å². The molecule has 0 aromatic heterocycles. The van der Waals surface area contributed by atoms with Gasteiger partial charge < -0.3 is 15.0 Å². The van der Waals surface area contributed by atoms with Crippen LogP contribution in [0.5, 0.6) is 5.75 Å². The summed E-state index contributed by atoms with van der Waals surface area (Å²) >= 11 is 0. The third kappa shape index (κ3) is 2.72. The van der Waals surface area contributed by atoms with Crippen LogP contribution in [0.4, 0.5) is 0 Å². The molecule has 0 aliphatic carbocycles. The maximum Gasteiger partial charge on any atom is 0.258 e. The van der Waals surface area contributed by atoms with Crippen LogP contribution in [-0.4, -0.2) is 43.6 Å². The predicted molar refractivity (Wildman–Crippen MR) is 83.9 cm³/mol. The zero-order valence-electron chi connectivity index (χ0n) is 12.3. The first-order valence-electron chi connectivity index (χ1n) is 7.46. The molecule has 1 amide bonds. The highest BCUT2D eigenvalue weighted by Crippen LogP contribution is 2.29. The van der Waals surface area contributed by atoms with Crippen molar-refractivity contribution in [3.05, 3.63) is 42.0 Å². The van der Waals surface area contributed by atoms with Crippen molar-refractivity contribution in [2.75, 3.05) is 32.8 Å². The van der Waals surface area contributed by atoms with Crippen LogP contribution in [0.1, 0.15) is 17.3 Å². The summed E-state index contributed by atoms with van der Waals surface area (Å²) < 4.78 is 5.69. The number of benzene rings is 2. The van der Waals surface area contributed by atoms with Gasteiger partial charge in [0, 0.05) is 26.2 Å². The molecule has 3 rings (SSSR count). The Bertz CT molecular complexity index is 648. The Morgan fingerprint density at radius 2 is 1.95 bits per heavy atom. The molecule has 2 aromatic rings. The number of nitrogens with zero attached hydrogens (tertiary/aromatic N) is 1. The number of hydrogen-bond acceptors (Lipinski definition) is 3. The van der Waals surface area contributed by atoms with E-state index in [-0.39, 0.29) is 5.91 Å². The highest BCUT2D eigenvalue weighted by atomic mass is 16.5. The maximum atomic E-state index is 12.9. The molecule has 1 aliphatic rings. The van der Waals surface area contributed by atoms with Crippen LogP contribution in [0.15, 0.2) is 36.4 Å². The van der Waals surface area contributed by atoms with Gasteiger partial charge in [-0.2, -0.15) is 0 Å². The topological polar surface area (TPSA) is 41.6 Å². The van der Waals surface area contributed by atoms with Crippen LogP contribution >= 0.6 is 0 Å². The second-order valence-corrected chi connectivity index (χ2v) is 5.14. The van der Waals surface area contributed by atoms with E-state index in [1.165, 1.54) is 0 Å². The number of amides is 1. The Hall–Kier alpha value is -2.07. The Kier molecular flexibility index (Phi) is 4.06. The van der Waals surface area contributed by atoms with Crippen LogP contribution < -0.4 is 10.1 Å². The van der Waals surface area contributed by atoms with Crippen LogP contribution in [0.25, 0.3) is 10.8 Å². The Balaban J connectivity index is 2.08. The molecule has 4 heteroatoms. The Morgan fingerprint density at radius 3 is 2.71 bits per heavy atom. The smallest absolute Gasteiger partial charge is 0.258 e. The first-order valence-corrected chi connectivity index (χ1v) is 7.46. The lowest BCUT2D eigenvalue weighted by Crippen LogP contribution is -2.46. The average molecular weight is 284 g/mol. The molecule has 1 fully saturated rings. The summed E-state index contributed by atoms with van der Waals surface area (Å²) in [5.41, 5.74) is 0.692. The van der Waals surface area contributed by atoms with E-state index in [4.69, 9.17) is 4.74 Å². The summed E-state index contributed by atoms with van der Waals surface area (Å²) in [5.74, 6) is 0.747. The molecular weight excluding hydrogens is 264 g/mol. The summed E-state index contributed by atoms with van der Waals surface area (Å²) in [6.07, 6.45) is 0. The molecule has 1 heterocycles. The number of fused-ring (bicyclic) bond motifs is 1. The van der Waals surface area contributed by atoms with Gasteiger partial charge in [0.05, 0.1) is 12.2 Å². The fraction of sp³-hybridized carbons (Fsp3) is 0.353. The van der Waals surface area contributed by atoms with Crippen LogP contribution in [-0.2, 0) is 0 Å². The van der Waals surface area contributed by atoms with Crippen LogP contribution in [0.2, 0.25) is 0 Å². The number of ether oxygens (including phenoxy) is 1. The van der Waals surface area contributed by atoms with Gasteiger partial charge in [-0.15, -0.1) is 0 Å². The van der Waals surface area contributed by atoms with Gasteiger partial charge >= 0.3 is 0 Å². The molecular formula is C17H20N2O2. The van der Waals surface area contributed by atoms with E-state index in [1.54, 1.807) is 0 Å². The van der Waals surface area contributed by atoms with E-state index < -0.39 is 0 Å². The zero-order valence-corrected chi connectivity index (χ0v) is 12.3. The summed E-state index contributed by atoms with van der Waals surface area (Å²) in [7, 11) is 0. The predicted octanol–water partition coefficient (Wildman–Crippen LogP) is 2.28. The fourth-order valence-electron chi connectivity index (χ4n) is 2.77. The van der Waals surface area contributed by atoms with E-state index in [0.717, 1.165) is 37.0 Å². The molecule has 0 saturated carbocycles. The molecule has 21 heavy (non-hydrogen) atoms. The summed E-state index contributed by atoms with van der Waals surface area (Å²) in [5, 5.41) is 5.31. The van der Waals surface area contributed by atoms with E-state index in [9.17, 15) is 4.79 Å². The second kappa shape index (κ2) is 6.14. The van der Waals surface area contributed by atoms with Crippen molar-refractivity contribution in [3.8, 4) is 5.75 Å². The SMILES string of the molecule is CCOc1ccc2ccccc2c1C(=O)N1CCNCC1. The van der Waals surface area contributed by atoms with Crippen molar-refractivity contribution in [2.45, 2.75) is 6.92 Å². The molecule has 1 aliphatic heterocycles. The molecule has 1 saturated heterocycles. The van der Waals surface area contributed by atoms with Crippen molar-refractivity contribution in [1.29, 1.82) is 0 Å². The second-order valence-electron chi connectivity index (χ2n) is 5.14. The van der Waals surface area contributed by atoms with Gasteiger partial charge in [0.15, 0.2) is 0 Å². The summed E-state index contributed by atoms with van der Waals surface area (Å²) in [4.78, 5) is 14.8.